The van der Waals surface area contributed by atoms with E-state index in [1.54, 1.807) is 44.4 Å². The molecule has 0 spiro atoms. The van der Waals surface area contributed by atoms with Gasteiger partial charge in [0.05, 0.1) is 25.0 Å². The maximum absolute atomic E-state index is 11.8. The first-order valence-electron chi connectivity index (χ1n) is 6.53. The van der Waals surface area contributed by atoms with Crippen molar-refractivity contribution in [3.8, 4) is 17.2 Å². The smallest absolute Gasteiger partial charge is 0.340 e. The van der Waals surface area contributed by atoms with E-state index in [4.69, 9.17) is 19.9 Å². The van der Waals surface area contributed by atoms with Crippen molar-refractivity contribution >= 4 is 11.7 Å². The van der Waals surface area contributed by atoms with Gasteiger partial charge in [0.25, 0.3) is 0 Å². The molecule has 0 amide bonds. The molecule has 0 saturated heterocycles. The number of esters is 1. The van der Waals surface area contributed by atoms with Crippen LogP contribution in [0.4, 0.5) is 5.69 Å². The van der Waals surface area contributed by atoms with Crippen LogP contribution in [-0.2, 0) is 4.74 Å². The first kappa shape index (κ1) is 14.7. The minimum atomic E-state index is -0.472. The Morgan fingerprint density at radius 1 is 1.05 bits per heavy atom. The second kappa shape index (κ2) is 6.65. The highest BCUT2D eigenvalue weighted by Crippen LogP contribution is 2.35. The van der Waals surface area contributed by atoms with Crippen LogP contribution in [-0.4, -0.2) is 19.7 Å². The standard InChI is InChI=1S/C16H17NO4/c1-3-20-16(18)11-7-6-10-14(15(11)17)21-13-9-5-4-8-12(13)19-2/h4-10H,3,17H2,1-2H3. The van der Waals surface area contributed by atoms with Gasteiger partial charge in [-0.2, -0.15) is 0 Å². The minimum Gasteiger partial charge on any atom is -0.493 e. The number of hydrogen-bond acceptors (Lipinski definition) is 5. The molecule has 0 aromatic heterocycles. The molecule has 0 saturated carbocycles. The number of carbonyl (C=O) groups excluding carboxylic acids is 1. The molecule has 2 aromatic rings. The lowest BCUT2D eigenvalue weighted by Crippen LogP contribution is -2.08. The monoisotopic (exact) mass is 287 g/mol. The van der Waals surface area contributed by atoms with Crippen molar-refractivity contribution in [1.29, 1.82) is 0 Å². The van der Waals surface area contributed by atoms with Crippen LogP contribution in [0, 0.1) is 0 Å². The van der Waals surface area contributed by atoms with Crippen LogP contribution in [0.5, 0.6) is 17.2 Å². The molecule has 0 radical (unpaired) electrons. The number of rotatable bonds is 5. The van der Waals surface area contributed by atoms with Crippen LogP contribution >= 0.6 is 0 Å². The molecule has 0 atom stereocenters. The van der Waals surface area contributed by atoms with Crippen molar-refractivity contribution in [3.63, 3.8) is 0 Å². The second-order valence-corrected chi connectivity index (χ2v) is 4.19. The molecule has 0 bridgehead atoms. The molecule has 2 aromatic carbocycles. The van der Waals surface area contributed by atoms with Crippen molar-refractivity contribution in [2.45, 2.75) is 6.92 Å². The van der Waals surface area contributed by atoms with E-state index >= 15 is 0 Å². The maximum Gasteiger partial charge on any atom is 0.340 e. The molecule has 0 unspecified atom stereocenters. The zero-order valence-corrected chi connectivity index (χ0v) is 12.0. The molecule has 110 valence electrons. The summed E-state index contributed by atoms with van der Waals surface area (Å²) in [4.78, 5) is 11.8. The van der Waals surface area contributed by atoms with Gasteiger partial charge >= 0.3 is 5.97 Å². The normalized spacial score (nSPS) is 10.0. The fourth-order valence-electron chi connectivity index (χ4n) is 1.84. The Labute approximate surface area is 123 Å². The molecular formula is C16H17NO4. The summed E-state index contributed by atoms with van der Waals surface area (Å²) in [5, 5.41) is 0. The third-order valence-corrected chi connectivity index (χ3v) is 2.85. The van der Waals surface area contributed by atoms with Gasteiger partial charge in [0.1, 0.15) is 0 Å². The molecule has 0 heterocycles. The van der Waals surface area contributed by atoms with Gasteiger partial charge in [-0.1, -0.05) is 18.2 Å². The molecule has 0 fully saturated rings. The van der Waals surface area contributed by atoms with Crippen LogP contribution in [0.2, 0.25) is 0 Å². The highest BCUT2D eigenvalue weighted by Gasteiger charge is 2.15. The summed E-state index contributed by atoms with van der Waals surface area (Å²) >= 11 is 0. The van der Waals surface area contributed by atoms with E-state index in [1.807, 2.05) is 12.1 Å². The number of nitrogens with two attached hydrogens (primary N) is 1. The van der Waals surface area contributed by atoms with E-state index in [2.05, 4.69) is 0 Å². The predicted molar refractivity (Wildman–Crippen MR) is 79.9 cm³/mol. The van der Waals surface area contributed by atoms with Gasteiger partial charge in [0, 0.05) is 0 Å². The summed E-state index contributed by atoms with van der Waals surface area (Å²) in [6.07, 6.45) is 0. The highest BCUT2D eigenvalue weighted by atomic mass is 16.5. The van der Waals surface area contributed by atoms with Gasteiger partial charge < -0.3 is 19.9 Å². The van der Waals surface area contributed by atoms with E-state index in [0.29, 0.717) is 17.2 Å². The summed E-state index contributed by atoms with van der Waals surface area (Å²) < 4.78 is 15.9. The number of benzene rings is 2. The lowest BCUT2D eigenvalue weighted by atomic mass is 10.1. The molecule has 5 heteroatoms. The van der Waals surface area contributed by atoms with Gasteiger partial charge in [-0.15, -0.1) is 0 Å². The van der Waals surface area contributed by atoms with Crippen molar-refractivity contribution in [3.05, 3.63) is 48.0 Å². The summed E-state index contributed by atoms with van der Waals surface area (Å²) in [6, 6.07) is 12.2. The Balaban J connectivity index is 2.33. The summed E-state index contributed by atoms with van der Waals surface area (Å²) in [5.74, 6) is 1.01. The molecule has 21 heavy (non-hydrogen) atoms. The van der Waals surface area contributed by atoms with Crippen LogP contribution < -0.4 is 15.2 Å². The quantitative estimate of drug-likeness (QED) is 0.675. The Morgan fingerprint density at radius 2 is 1.71 bits per heavy atom. The number of para-hydroxylation sites is 3. The Hall–Kier alpha value is -2.69. The third-order valence-electron chi connectivity index (χ3n) is 2.85. The Morgan fingerprint density at radius 3 is 2.38 bits per heavy atom. The molecule has 0 aliphatic rings. The number of carbonyl (C=O) groups is 1. The number of ether oxygens (including phenoxy) is 3. The molecule has 2 N–H and O–H groups in total. The lowest BCUT2D eigenvalue weighted by Gasteiger charge is -2.13. The summed E-state index contributed by atoms with van der Waals surface area (Å²) in [5.41, 5.74) is 6.51. The summed E-state index contributed by atoms with van der Waals surface area (Å²) in [6.45, 7) is 2.03. The number of hydrogen-bond donors (Lipinski definition) is 1. The first-order chi connectivity index (χ1) is 10.2. The highest BCUT2D eigenvalue weighted by molar-refractivity contribution is 5.96. The Bertz CT molecular complexity index is 640. The number of nitrogen functional groups attached to an aromatic ring is 1. The minimum absolute atomic E-state index is 0.238. The van der Waals surface area contributed by atoms with Gasteiger partial charge in [0.2, 0.25) is 0 Å². The zero-order chi connectivity index (χ0) is 15.2. The van der Waals surface area contributed by atoms with Gasteiger partial charge in [0.15, 0.2) is 17.2 Å². The summed E-state index contributed by atoms with van der Waals surface area (Å²) in [7, 11) is 1.56. The lowest BCUT2D eigenvalue weighted by molar-refractivity contribution is 0.0527. The topological polar surface area (TPSA) is 70.8 Å². The van der Waals surface area contributed by atoms with E-state index < -0.39 is 5.97 Å². The van der Waals surface area contributed by atoms with Crippen molar-refractivity contribution in [2.75, 3.05) is 19.5 Å². The average molecular weight is 287 g/mol. The van der Waals surface area contributed by atoms with E-state index in [9.17, 15) is 4.79 Å². The van der Waals surface area contributed by atoms with Crippen LogP contribution in [0.3, 0.4) is 0 Å². The third kappa shape index (κ3) is 3.25. The second-order valence-electron chi connectivity index (χ2n) is 4.19. The van der Waals surface area contributed by atoms with Crippen LogP contribution in [0.25, 0.3) is 0 Å². The van der Waals surface area contributed by atoms with Gasteiger partial charge in [-0.3, -0.25) is 0 Å². The Kier molecular flexibility index (Phi) is 4.66. The SMILES string of the molecule is CCOC(=O)c1cccc(Oc2ccccc2OC)c1N. The fourth-order valence-corrected chi connectivity index (χ4v) is 1.84. The number of anilines is 1. The zero-order valence-electron chi connectivity index (χ0n) is 12.0. The molecule has 0 aliphatic heterocycles. The molecular weight excluding hydrogens is 270 g/mol. The van der Waals surface area contributed by atoms with Crippen LogP contribution in [0.1, 0.15) is 17.3 Å². The van der Waals surface area contributed by atoms with Gasteiger partial charge in [-0.05, 0) is 31.2 Å². The van der Waals surface area contributed by atoms with E-state index in [0.717, 1.165) is 0 Å². The van der Waals surface area contributed by atoms with Crippen molar-refractivity contribution in [2.24, 2.45) is 0 Å². The van der Waals surface area contributed by atoms with E-state index in [-0.39, 0.29) is 17.9 Å². The largest absolute Gasteiger partial charge is 0.493 e. The average Bonchev–Trinajstić information content (AvgIpc) is 2.50. The first-order valence-corrected chi connectivity index (χ1v) is 6.53. The molecule has 5 nitrogen and oxygen atoms in total. The maximum atomic E-state index is 11.8. The molecule has 0 aliphatic carbocycles. The predicted octanol–water partition coefficient (Wildman–Crippen LogP) is 3.25. The van der Waals surface area contributed by atoms with E-state index in [1.165, 1.54) is 0 Å². The van der Waals surface area contributed by atoms with Gasteiger partial charge in [-0.25, -0.2) is 4.79 Å². The van der Waals surface area contributed by atoms with Crippen LogP contribution in [0.15, 0.2) is 42.5 Å². The molecule has 2 rings (SSSR count). The fraction of sp³-hybridized carbons (Fsp3) is 0.188. The number of methoxy groups -OCH3 is 1. The van der Waals surface area contributed by atoms with Crippen molar-refractivity contribution in [1.82, 2.24) is 0 Å². The van der Waals surface area contributed by atoms with Crippen molar-refractivity contribution < 1.29 is 19.0 Å².